The maximum absolute atomic E-state index is 13.6. The number of halogens is 1. The number of ether oxygens (including phenoxy) is 1. The molecule has 0 amide bonds. The molecule has 0 unspecified atom stereocenters. The molecule has 0 bridgehead atoms. The lowest BCUT2D eigenvalue weighted by atomic mass is 9.89. The highest BCUT2D eigenvalue weighted by Crippen LogP contribution is 2.24. The van der Waals surface area contributed by atoms with Crippen LogP contribution in [0.4, 0.5) is 10.1 Å². The van der Waals surface area contributed by atoms with E-state index in [4.69, 9.17) is 9.84 Å². The zero-order chi connectivity index (χ0) is 14.5. The third kappa shape index (κ3) is 5.16. The molecule has 1 aromatic carbocycles. The van der Waals surface area contributed by atoms with Crippen molar-refractivity contribution in [1.82, 2.24) is 0 Å². The monoisotopic (exact) mass is 269 g/mol. The first kappa shape index (κ1) is 15.3. The van der Waals surface area contributed by atoms with Crippen LogP contribution in [0.1, 0.15) is 27.2 Å². The minimum absolute atomic E-state index is 0.0551. The number of carbonyl (C=O) groups is 1. The lowest BCUT2D eigenvalue weighted by Crippen LogP contribution is -2.26. The molecule has 5 heteroatoms. The Balaban J connectivity index is 2.63. The molecule has 2 N–H and O–H groups in total. The molecule has 0 spiro atoms. The third-order valence-electron chi connectivity index (χ3n) is 2.63. The number of carboxylic acid groups (broad SMARTS) is 1. The molecule has 0 fully saturated rings. The molecule has 106 valence electrons. The van der Waals surface area contributed by atoms with Crippen molar-refractivity contribution in [3.8, 4) is 5.75 Å². The first-order valence-electron chi connectivity index (χ1n) is 6.22. The Bertz CT molecular complexity index is 446. The van der Waals surface area contributed by atoms with E-state index in [9.17, 15) is 9.18 Å². The number of aliphatic carboxylic acids is 1. The molecule has 0 aliphatic rings. The van der Waals surface area contributed by atoms with Gasteiger partial charge in [0.05, 0.1) is 13.0 Å². The van der Waals surface area contributed by atoms with Crippen molar-refractivity contribution in [3.63, 3.8) is 0 Å². The van der Waals surface area contributed by atoms with Gasteiger partial charge in [-0.15, -0.1) is 0 Å². The van der Waals surface area contributed by atoms with Gasteiger partial charge in [-0.3, -0.25) is 4.79 Å². The summed E-state index contributed by atoms with van der Waals surface area (Å²) in [5, 5.41) is 11.8. The van der Waals surface area contributed by atoms with Crippen molar-refractivity contribution < 1.29 is 19.0 Å². The van der Waals surface area contributed by atoms with Crippen molar-refractivity contribution in [2.45, 2.75) is 27.2 Å². The average molecular weight is 269 g/mol. The summed E-state index contributed by atoms with van der Waals surface area (Å²) in [4.78, 5) is 10.7. The molecule has 19 heavy (non-hydrogen) atoms. The van der Waals surface area contributed by atoms with E-state index >= 15 is 0 Å². The highest BCUT2D eigenvalue weighted by Gasteiger charge is 2.21. The zero-order valence-corrected chi connectivity index (χ0v) is 11.5. The summed E-state index contributed by atoms with van der Waals surface area (Å²) in [5.74, 6) is -1.05. The van der Waals surface area contributed by atoms with E-state index in [-0.39, 0.29) is 12.2 Å². The molecule has 1 rings (SSSR count). The van der Waals surface area contributed by atoms with Crippen LogP contribution in [0.25, 0.3) is 0 Å². The summed E-state index contributed by atoms with van der Waals surface area (Å²) in [7, 11) is 0. The van der Waals surface area contributed by atoms with Gasteiger partial charge in [-0.1, -0.05) is 13.8 Å². The molecule has 0 radical (unpaired) electrons. The Hall–Kier alpha value is -1.78. The number of rotatable bonds is 7. The van der Waals surface area contributed by atoms with E-state index in [0.29, 0.717) is 18.8 Å². The second-order valence-electron chi connectivity index (χ2n) is 5.17. The first-order chi connectivity index (χ1) is 8.84. The van der Waals surface area contributed by atoms with Gasteiger partial charge < -0.3 is 15.2 Å². The average Bonchev–Trinajstić information content (AvgIpc) is 2.28. The van der Waals surface area contributed by atoms with Crippen LogP contribution in [0.2, 0.25) is 0 Å². The van der Waals surface area contributed by atoms with Gasteiger partial charge in [0.2, 0.25) is 0 Å². The molecule has 0 aliphatic heterocycles. The van der Waals surface area contributed by atoms with Gasteiger partial charge in [-0.05, 0) is 24.5 Å². The largest absolute Gasteiger partial charge is 0.491 e. The van der Waals surface area contributed by atoms with Crippen molar-refractivity contribution in [2.75, 3.05) is 18.5 Å². The van der Waals surface area contributed by atoms with E-state index in [0.717, 1.165) is 0 Å². The van der Waals surface area contributed by atoms with E-state index in [1.165, 1.54) is 6.07 Å². The number of hydrogen-bond acceptors (Lipinski definition) is 3. The molecule has 0 saturated heterocycles. The Morgan fingerprint density at radius 3 is 2.68 bits per heavy atom. The van der Waals surface area contributed by atoms with Crippen molar-refractivity contribution in [3.05, 3.63) is 24.0 Å². The number of anilines is 1. The fraction of sp³-hybridized carbons (Fsp3) is 0.500. The molecule has 4 nitrogen and oxygen atoms in total. The fourth-order valence-corrected chi connectivity index (χ4v) is 1.70. The molecule has 0 atom stereocenters. The molecule has 1 aromatic rings. The number of benzene rings is 1. The smallest absolute Gasteiger partial charge is 0.303 e. The number of hydrogen-bond donors (Lipinski definition) is 2. The van der Waals surface area contributed by atoms with Crippen molar-refractivity contribution in [1.29, 1.82) is 0 Å². The summed E-state index contributed by atoms with van der Waals surface area (Å²) >= 11 is 0. The van der Waals surface area contributed by atoms with E-state index in [2.05, 4.69) is 5.32 Å². The minimum atomic E-state index is -0.843. The molecule has 0 aromatic heterocycles. The fourth-order valence-electron chi connectivity index (χ4n) is 1.70. The summed E-state index contributed by atoms with van der Waals surface area (Å²) in [6.45, 7) is 6.35. The van der Waals surface area contributed by atoms with Crippen molar-refractivity contribution in [2.24, 2.45) is 5.41 Å². The molecule has 0 saturated carbocycles. The second kappa shape index (κ2) is 6.41. The highest BCUT2D eigenvalue weighted by molar-refractivity contribution is 5.67. The predicted molar refractivity (Wildman–Crippen MR) is 72.1 cm³/mol. The van der Waals surface area contributed by atoms with Gasteiger partial charge in [-0.2, -0.15) is 0 Å². The first-order valence-corrected chi connectivity index (χ1v) is 6.22. The Morgan fingerprint density at radius 2 is 2.16 bits per heavy atom. The maximum atomic E-state index is 13.6. The van der Waals surface area contributed by atoms with Crippen LogP contribution >= 0.6 is 0 Å². The maximum Gasteiger partial charge on any atom is 0.303 e. The van der Waals surface area contributed by atoms with Crippen LogP contribution in [-0.4, -0.2) is 24.2 Å². The topological polar surface area (TPSA) is 58.6 Å². The summed E-state index contributed by atoms with van der Waals surface area (Å²) in [6, 6.07) is 4.62. The Morgan fingerprint density at radius 1 is 1.47 bits per heavy atom. The van der Waals surface area contributed by atoms with Gasteiger partial charge in [-0.25, -0.2) is 4.39 Å². The summed E-state index contributed by atoms with van der Waals surface area (Å²) < 4.78 is 18.7. The van der Waals surface area contributed by atoms with Crippen LogP contribution in [-0.2, 0) is 4.79 Å². The molecule has 0 aliphatic carbocycles. The SMILES string of the molecule is CCOc1ccc(NCC(C)(C)CC(=O)O)cc1F. The van der Waals surface area contributed by atoms with Gasteiger partial charge in [0, 0.05) is 18.3 Å². The summed E-state index contributed by atoms with van der Waals surface area (Å²) in [6.07, 6.45) is 0.0551. The summed E-state index contributed by atoms with van der Waals surface area (Å²) in [5.41, 5.74) is 0.209. The number of nitrogens with one attached hydrogen (secondary N) is 1. The lowest BCUT2D eigenvalue weighted by molar-refractivity contribution is -0.139. The van der Waals surface area contributed by atoms with E-state index in [1.807, 2.05) is 13.8 Å². The normalized spacial score (nSPS) is 11.2. The second-order valence-corrected chi connectivity index (χ2v) is 5.17. The minimum Gasteiger partial charge on any atom is -0.491 e. The van der Waals surface area contributed by atoms with Gasteiger partial charge >= 0.3 is 5.97 Å². The van der Waals surface area contributed by atoms with Crippen LogP contribution in [0, 0.1) is 11.2 Å². The third-order valence-corrected chi connectivity index (χ3v) is 2.63. The van der Waals surface area contributed by atoms with Gasteiger partial charge in [0.1, 0.15) is 0 Å². The van der Waals surface area contributed by atoms with Crippen LogP contribution in [0.15, 0.2) is 18.2 Å². The van der Waals surface area contributed by atoms with Crippen LogP contribution in [0.5, 0.6) is 5.75 Å². The number of carboxylic acids is 1. The van der Waals surface area contributed by atoms with E-state index in [1.54, 1.807) is 19.1 Å². The van der Waals surface area contributed by atoms with Crippen LogP contribution < -0.4 is 10.1 Å². The Kier molecular flexibility index (Phi) is 5.15. The zero-order valence-electron chi connectivity index (χ0n) is 11.5. The predicted octanol–water partition coefficient (Wildman–Crippen LogP) is 3.14. The molecular weight excluding hydrogens is 249 g/mol. The standard InChI is InChI=1S/C14H20FNO3/c1-4-19-12-6-5-10(7-11(12)15)16-9-14(2,3)8-13(17)18/h5-7,16H,4,8-9H2,1-3H3,(H,17,18). The molecular formula is C14H20FNO3. The van der Waals surface area contributed by atoms with Crippen molar-refractivity contribution >= 4 is 11.7 Å². The van der Waals surface area contributed by atoms with Gasteiger partial charge in [0.25, 0.3) is 0 Å². The highest BCUT2D eigenvalue weighted by atomic mass is 19.1. The Labute approximate surface area is 112 Å². The lowest BCUT2D eigenvalue weighted by Gasteiger charge is -2.23. The van der Waals surface area contributed by atoms with E-state index < -0.39 is 17.2 Å². The van der Waals surface area contributed by atoms with Crippen LogP contribution in [0.3, 0.4) is 0 Å². The van der Waals surface area contributed by atoms with Gasteiger partial charge in [0.15, 0.2) is 11.6 Å². The quantitative estimate of drug-likeness (QED) is 0.798. The molecule has 0 heterocycles.